The van der Waals surface area contributed by atoms with Crippen molar-refractivity contribution in [2.45, 2.75) is 11.4 Å². The van der Waals surface area contributed by atoms with E-state index < -0.39 is 0 Å². The number of rotatable bonds is 2. The van der Waals surface area contributed by atoms with Gasteiger partial charge in [-0.1, -0.05) is 11.6 Å². The Morgan fingerprint density at radius 3 is 2.75 bits per heavy atom. The molecule has 0 atom stereocenters. The molecule has 0 radical (unpaired) electrons. The predicted molar refractivity (Wildman–Crippen MR) is 49.2 cm³/mol. The van der Waals surface area contributed by atoms with Crippen LogP contribution in [-0.2, 0) is 19.2 Å². The molecule has 60 valence electrons. The molecule has 0 aliphatic heterocycles. The zero-order valence-electron chi connectivity index (χ0n) is 7.42. The average molecular weight is 253 g/mol. The minimum atomic E-state index is 0. The number of nitrogens with two attached hydrogens (primary N) is 1. The Morgan fingerprint density at radius 2 is 2.17 bits per heavy atom. The molecule has 12 heavy (non-hydrogen) atoms. The van der Waals surface area contributed by atoms with E-state index >= 15 is 0 Å². The average Bonchev–Trinajstić information content (AvgIpc) is 1.98. The molecule has 0 amide bonds. The third-order valence-electron chi connectivity index (χ3n) is 1.45. The van der Waals surface area contributed by atoms with Crippen LogP contribution in [0.3, 0.4) is 0 Å². The first-order chi connectivity index (χ1) is 5.24. The molecule has 0 aromatic heterocycles. The Balaban J connectivity index is 0.00000121. The van der Waals surface area contributed by atoms with Crippen molar-refractivity contribution in [3.8, 4) is 0 Å². The van der Waals surface area contributed by atoms with Gasteiger partial charge >= 0.3 is 58.2 Å². The molecule has 1 rings (SSSR count). The molecule has 0 saturated heterocycles. The van der Waals surface area contributed by atoms with Gasteiger partial charge in [-0.15, -0.1) is 0 Å². The third-order valence-corrected chi connectivity index (χ3v) is 1.85. The van der Waals surface area contributed by atoms with Gasteiger partial charge in [-0.05, 0) is 19.2 Å². The monoisotopic (exact) mass is 252 g/mol. The Hall–Kier alpha value is 1.01. The van der Waals surface area contributed by atoms with E-state index in [0.717, 1.165) is 22.7 Å². The second-order valence-electron chi connectivity index (χ2n) is 2.40. The van der Waals surface area contributed by atoms with Crippen molar-refractivity contribution in [1.29, 1.82) is 0 Å². The summed E-state index contributed by atoms with van der Waals surface area (Å²) in [4.78, 5) is 0.869. The molecule has 1 aromatic carbocycles. The third kappa shape index (κ3) is 3.81. The minimum Gasteiger partial charge on any atom is -0.779 e. The fraction of sp³-hybridized carbons (Fsp3) is 0.250. The van der Waals surface area contributed by atoms with E-state index in [1.54, 1.807) is 0 Å². The van der Waals surface area contributed by atoms with Crippen molar-refractivity contribution >= 4 is 18.3 Å². The summed E-state index contributed by atoms with van der Waals surface area (Å²) in [6, 6.07) is 5.58. The summed E-state index contributed by atoms with van der Waals surface area (Å²) in [6.45, 7) is 0.782. The summed E-state index contributed by atoms with van der Waals surface area (Å²) in [7, 11) is 1.89. The van der Waals surface area contributed by atoms with Gasteiger partial charge in [0.25, 0.3) is 0 Å². The van der Waals surface area contributed by atoms with Gasteiger partial charge in [0.15, 0.2) is 0 Å². The molecule has 0 fully saturated rings. The van der Waals surface area contributed by atoms with Crippen LogP contribution in [0.4, 0.5) is 5.69 Å². The van der Waals surface area contributed by atoms with Gasteiger partial charge in [-0.3, -0.25) is 0 Å². The Kier molecular flexibility index (Phi) is 7.00. The molecular formula is C8H11N2RbS. The second-order valence-corrected chi connectivity index (χ2v) is 2.84. The number of nitrogen functional groups attached to an aromatic ring is 1. The fourth-order valence-electron chi connectivity index (χ4n) is 0.928. The van der Waals surface area contributed by atoms with Crippen molar-refractivity contribution in [3.05, 3.63) is 23.8 Å². The molecule has 0 spiro atoms. The number of anilines is 1. The van der Waals surface area contributed by atoms with E-state index in [4.69, 9.17) is 18.4 Å². The summed E-state index contributed by atoms with van der Waals surface area (Å²) in [5.41, 5.74) is 7.44. The first-order valence-electron chi connectivity index (χ1n) is 3.44. The van der Waals surface area contributed by atoms with Crippen LogP contribution >= 0.6 is 0 Å². The van der Waals surface area contributed by atoms with Crippen LogP contribution in [-0.4, -0.2) is 7.05 Å². The van der Waals surface area contributed by atoms with Crippen LogP contribution in [0.2, 0.25) is 0 Å². The standard InChI is InChI=1S/C8H12N2S.Rb/c1-10-5-6-4-7(9)2-3-8(6)11;/h2-4,10-11H,5,9H2,1H3;/q;+1/p-1. The molecule has 0 aliphatic carbocycles. The van der Waals surface area contributed by atoms with Gasteiger partial charge < -0.3 is 23.7 Å². The minimum absolute atomic E-state index is 0. The van der Waals surface area contributed by atoms with Crippen LogP contribution < -0.4 is 69.2 Å². The molecule has 1 aromatic rings. The van der Waals surface area contributed by atoms with E-state index in [-0.39, 0.29) is 58.2 Å². The van der Waals surface area contributed by atoms with Crippen molar-refractivity contribution < 1.29 is 58.2 Å². The molecule has 3 N–H and O–H groups in total. The van der Waals surface area contributed by atoms with Crippen LogP contribution in [0.1, 0.15) is 5.56 Å². The first-order valence-corrected chi connectivity index (χ1v) is 3.85. The topological polar surface area (TPSA) is 38.0 Å². The Bertz CT molecular complexity index is 253. The van der Waals surface area contributed by atoms with Gasteiger partial charge in [-0.2, -0.15) is 4.90 Å². The zero-order chi connectivity index (χ0) is 8.27. The maximum atomic E-state index is 5.58. The second kappa shape index (κ2) is 6.46. The normalized spacial score (nSPS) is 9.08. The van der Waals surface area contributed by atoms with E-state index in [1.807, 2.05) is 25.2 Å². The fourth-order valence-corrected chi connectivity index (χ4v) is 1.13. The smallest absolute Gasteiger partial charge is 0.779 e. The molecule has 0 unspecified atom stereocenters. The number of hydrogen-bond donors (Lipinski definition) is 2. The van der Waals surface area contributed by atoms with E-state index in [1.165, 1.54) is 0 Å². The quantitative estimate of drug-likeness (QED) is 0.468. The van der Waals surface area contributed by atoms with Crippen molar-refractivity contribution in [2.75, 3.05) is 12.8 Å². The van der Waals surface area contributed by atoms with E-state index in [0.29, 0.717) is 0 Å². The summed E-state index contributed by atoms with van der Waals surface area (Å²) < 4.78 is 0. The SMILES string of the molecule is CNCc1cc(N)ccc1[S-].[Rb+]. The molecule has 0 saturated carbocycles. The van der Waals surface area contributed by atoms with Crippen molar-refractivity contribution in [1.82, 2.24) is 5.32 Å². The van der Waals surface area contributed by atoms with Crippen molar-refractivity contribution in [2.24, 2.45) is 0 Å². The Labute approximate surface area is 127 Å². The molecule has 4 heteroatoms. The summed E-state index contributed by atoms with van der Waals surface area (Å²) >= 11 is 5.08. The molecule has 0 aliphatic rings. The molecule has 0 heterocycles. The summed E-state index contributed by atoms with van der Waals surface area (Å²) in [5.74, 6) is 0. The number of hydrogen-bond acceptors (Lipinski definition) is 3. The van der Waals surface area contributed by atoms with Gasteiger partial charge in [-0.25, -0.2) is 0 Å². The van der Waals surface area contributed by atoms with Crippen LogP contribution in [0.15, 0.2) is 23.1 Å². The first kappa shape index (κ1) is 13.0. The molecule has 2 nitrogen and oxygen atoms in total. The van der Waals surface area contributed by atoms with Gasteiger partial charge in [0, 0.05) is 12.2 Å². The molecule has 0 bridgehead atoms. The summed E-state index contributed by atoms with van der Waals surface area (Å²) in [6.07, 6.45) is 0. The molecular weight excluding hydrogens is 242 g/mol. The van der Waals surface area contributed by atoms with Gasteiger partial charge in [0.05, 0.1) is 0 Å². The maximum absolute atomic E-state index is 5.58. The van der Waals surface area contributed by atoms with Gasteiger partial charge in [0.1, 0.15) is 0 Å². The van der Waals surface area contributed by atoms with Crippen LogP contribution in [0.25, 0.3) is 0 Å². The predicted octanol–water partition coefficient (Wildman–Crippen LogP) is -2.10. The maximum Gasteiger partial charge on any atom is 1.00 e. The van der Waals surface area contributed by atoms with Crippen LogP contribution in [0, 0.1) is 0 Å². The van der Waals surface area contributed by atoms with Crippen molar-refractivity contribution in [3.63, 3.8) is 0 Å². The van der Waals surface area contributed by atoms with E-state index in [9.17, 15) is 0 Å². The largest absolute Gasteiger partial charge is 1.00 e. The Morgan fingerprint density at radius 1 is 1.50 bits per heavy atom. The van der Waals surface area contributed by atoms with Crippen LogP contribution in [0.5, 0.6) is 0 Å². The van der Waals surface area contributed by atoms with Gasteiger partial charge in [0.2, 0.25) is 0 Å². The zero-order valence-corrected chi connectivity index (χ0v) is 13.2. The number of benzene rings is 1. The number of nitrogens with one attached hydrogen (secondary N) is 1. The summed E-state index contributed by atoms with van der Waals surface area (Å²) in [5, 5.41) is 3.03. The van der Waals surface area contributed by atoms with E-state index in [2.05, 4.69) is 5.32 Å².